The first-order valence-corrected chi connectivity index (χ1v) is 6.20. The number of carbonyl (C=O) groups excluding carboxylic acids is 2. The van der Waals surface area contributed by atoms with E-state index in [9.17, 15) is 9.59 Å². The molecule has 2 rings (SSSR count). The summed E-state index contributed by atoms with van der Waals surface area (Å²) in [6, 6.07) is 10.9. The molecule has 1 N–H and O–H groups in total. The van der Waals surface area contributed by atoms with Crippen LogP contribution in [-0.2, 0) is 9.53 Å². The molecule has 20 heavy (non-hydrogen) atoms. The van der Waals surface area contributed by atoms with Gasteiger partial charge in [0.25, 0.3) is 5.91 Å². The maximum atomic E-state index is 11.7. The quantitative estimate of drug-likeness (QED) is 0.849. The lowest BCUT2D eigenvalue weighted by Gasteiger charge is -2.14. The smallest absolute Gasteiger partial charge is 0.341 e. The van der Waals surface area contributed by atoms with Gasteiger partial charge in [0.1, 0.15) is 6.26 Å². The summed E-state index contributed by atoms with van der Waals surface area (Å²) < 4.78 is 9.64. The standard InChI is InChI=1S/C15H15NO4/c1-11(12-5-3-2-4-6-12)16-14(17)10-20-15(18)13-7-8-19-9-13/h2-9,11H,10H2,1H3,(H,16,17)/t11-/m0/s1. The van der Waals surface area contributed by atoms with Crippen molar-refractivity contribution in [3.63, 3.8) is 0 Å². The molecule has 0 spiro atoms. The number of hydrogen-bond acceptors (Lipinski definition) is 4. The van der Waals surface area contributed by atoms with Crippen LogP contribution in [0.4, 0.5) is 0 Å². The van der Waals surface area contributed by atoms with Gasteiger partial charge in [-0.3, -0.25) is 4.79 Å². The normalized spacial score (nSPS) is 11.7. The molecule has 0 bridgehead atoms. The van der Waals surface area contributed by atoms with Crippen molar-refractivity contribution >= 4 is 11.9 Å². The molecule has 1 aromatic heterocycles. The van der Waals surface area contributed by atoms with Crippen molar-refractivity contribution in [1.82, 2.24) is 5.32 Å². The minimum Gasteiger partial charge on any atom is -0.472 e. The van der Waals surface area contributed by atoms with Crippen molar-refractivity contribution < 1.29 is 18.7 Å². The Hall–Kier alpha value is -2.56. The van der Waals surface area contributed by atoms with Crippen LogP contribution in [0.5, 0.6) is 0 Å². The van der Waals surface area contributed by atoms with E-state index < -0.39 is 5.97 Å². The van der Waals surface area contributed by atoms with Crippen LogP contribution in [0.3, 0.4) is 0 Å². The van der Waals surface area contributed by atoms with E-state index in [0.717, 1.165) is 5.56 Å². The summed E-state index contributed by atoms with van der Waals surface area (Å²) in [7, 11) is 0. The van der Waals surface area contributed by atoms with Gasteiger partial charge in [0.05, 0.1) is 17.9 Å². The van der Waals surface area contributed by atoms with Gasteiger partial charge in [-0.1, -0.05) is 30.3 Å². The number of rotatable bonds is 5. The van der Waals surface area contributed by atoms with Crippen LogP contribution in [0, 0.1) is 0 Å². The van der Waals surface area contributed by atoms with Crippen LogP contribution in [0.2, 0.25) is 0 Å². The summed E-state index contributed by atoms with van der Waals surface area (Å²) >= 11 is 0. The van der Waals surface area contributed by atoms with Crippen LogP contribution < -0.4 is 5.32 Å². The van der Waals surface area contributed by atoms with Crippen molar-refractivity contribution in [2.75, 3.05) is 6.61 Å². The SMILES string of the molecule is C[C@H](NC(=O)COC(=O)c1ccoc1)c1ccccc1. The predicted molar refractivity (Wildman–Crippen MR) is 72.0 cm³/mol. The van der Waals surface area contributed by atoms with Crippen molar-refractivity contribution in [2.45, 2.75) is 13.0 Å². The number of ether oxygens (including phenoxy) is 1. The molecular weight excluding hydrogens is 258 g/mol. The average molecular weight is 273 g/mol. The van der Waals surface area contributed by atoms with E-state index in [0.29, 0.717) is 0 Å². The zero-order valence-corrected chi connectivity index (χ0v) is 11.0. The van der Waals surface area contributed by atoms with Crippen LogP contribution >= 0.6 is 0 Å². The number of carbonyl (C=O) groups is 2. The third kappa shape index (κ3) is 3.71. The van der Waals surface area contributed by atoms with Gasteiger partial charge in [0.2, 0.25) is 0 Å². The number of benzene rings is 1. The topological polar surface area (TPSA) is 68.5 Å². The monoisotopic (exact) mass is 273 g/mol. The van der Waals surface area contributed by atoms with Crippen molar-refractivity contribution in [2.24, 2.45) is 0 Å². The van der Waals surface area contributed by atoms with E-state index in [-0.39, 0.29) is 24.1 Å². The van der Waals surface area contributed by atoms with Crippen LogP contribution in [0.15, 0.2) is 53.3 Å². The molecule has 0 unspecified atom stereocenters. The summed E-state index contributed by atoms with van der Waals surface area (Å²) in [6.45, 7) is 1.55. The summed E-state index contributed by atoms with van der Waals surface area (Å²) in [6.07, 6.45) is 2.64. The van der Waals surface area contributed by atoms with E-state index >= 15 is 0 Å². The summed E-state index contributed by atoms with van der Waals surface area (Å²) in [4.78, 5) is 23.2. The largest absolute Gasteiger partial charge is 0.472 e. The fourth-order valence-electron chi connectivity index (χ4n) is 1.70. The molecule has 5 heteroatoms. The molecule has 104 valence electrons. The molecule has 0 fully saturated rings. The third-order valence-corrected chi connectivity index (χ3v) is 2.77. The molecule has 1 heterocycles. The van der Waals surface area contributed by atoms with E-state index in [1.165, 1.54) is 18.6 Å². The van der Waals surface area contributed by atoms with Gasteiger partial charge in [-0.25, -0.2) is 4.79 Å². The predicted octanol–water partition coefficient (Wildman–Crippen LogP) is 2.31. The summed E-state index contributed by atoms with van der Waals surface area (Å²) in [5.41, 5.74) is 1.27. The molecule has 2 aromatic rings. The fourth-order valence-corrected chi connectivity index (χ4v) is 1.70. The van der Waals surface area contributed by atoms with Crippen LogP contribution in [-0.4, -0.2) is 18.5 Å². The Balaban J connectivity index is 1.80. The van der Waals surface area contributed by atoms with Crippen LogP contribution in [0.1, 0.15) is 28.9 Å². The van der Waals surface area contributed by atoms with E-state index in [4.69, 9.17) is 9.15 Å². The minimum atomic E-state index is -0.582. The zero-order chi connectivity index (χ0) is 14.4. The van der Waals surface area contributed by atoms with Crippen LogP contribution in [0.25, 0.3) is 0 Å². The Kier molecular flexibility index (Phi) is 4.55. The highest BCUT2D eigenvalue weighted by Gasteiger charge is 2.13. The highest BCUT2D eigenvalue weighted by Crippen LogP contribution is 2.10. The van der Waals surface area contributed by atoms with E-state index in [1.807, 2.05) is 37.3 Å². The van der Waals surface area contributed by atoms with E-state index in [2.05, 4.69) is 5.32 Å². The third-order valence-electron chi connectivity index (χ3n) is 2.77. The van der Waals surface area contributed by atoms with Crippen molar-refractivity contribution in [1.29, 1.82) is 0 Å². The Morgan fingerprint density at radius 1 is 1.25 bits per heavy atom. The van der Waals surface area contributed by atoms with Crippen molar-refractivity contribution in [3.05, 3.63) is 60.1 Å². The van der Waals surface area contributed by atoms with Crippen molar-refractivity contribution in [3.8, 4) is 0 Å². The Bertz CT molecular complexity index is 563. The van der Waals surface area contributed by atoms with Gasteiger partial charge < -0.3 is 14.5 Å². The van der Waals surface area contributed by atoms with Gasteiger partial charge in [-0.2, -0.15) is 0 Å². The molecular formula is C15H15NO4. The molecule has 0 aliphatic heterocycles. The Labute approximate surface area is 116 Å². The van der Waals surface area contributed by atoms with Gasteiger partial charge in [-0.15, -0.1) is 0 Å². The Morgan fingerprint density at radius 3 is 2.65 bits per heavy atom. The van der Waals surface area contributed by atoms with Gasteiger partial charge in [0, 0.05) is 0 Å². The molecule has 0 aliphatic rings. The lowest BCUT2D eigenvalue weighted by Crippen LogP contribution is -2.31. The maximum Gasteiger partial charge on any atom is 0.341 e. The maximum absolute atomic E-state index is 11.7. The summed E-state index contributed by atoms with van der Waals surface area (Å²) in [5.74, 6) is -0.931. The molecule has 1 amide bonds. The average Bonchev–Trinajstić information content (AvgIpc) is 3.00. The number of furan rings is 1. The fraction of sp³-hybridized carbons (Fsp3) is 0.200. The molecule has 0 saturated heterocycles. The molecule has 1 atom stereocenters. The second-order valence-corrected chi connectivity index (χ2v) is 4.29. The minimum absolute atomic E-state index is 0.142. The zero-order valence-electron chi connectivity index (χ0n) is 11.0. The molecule has 0 aliphatic carbocycles. The van der Waals surface area contributed by atoms with Gasteiger partial charge in [0.15, 0.2) is 6.61 Å². The molecule has 1 aromatic carbocycles. The number of esters is 1. The van der Waals surface area contributed by atoms with Gasteiger partial charge in [-0.05, 0) is 18.6 Å². The lowest BCUT2D eigenvalue weighted by atomic mass is 10.1. The number of amides is 1. The second kappa shape index (κ2) is 6.56. The van der Waals surface area contributed by atoms with E-state index in [1.54, 1.807) is 0 Å². The summed E-state index contributed by atoms with van der Waals surface area (Å²) in [5, 5.41) is 2.76. The first kappa shape index (κ1) is 13.9. The Morgan fingerprint density at radius 2 is 2.00 bits per heavy atom. The lowest BCUT2D eigenvalue weighted by molar-refractivity contribution is -0.124. The first-order valence-electron chi connectivity index (χ1n) is 6.20. The molecule has 5 nitrogen and oxygen atoms in total. The number of hydrogen-bond donors (Lipinski definition) is 1. The molecule has 0 saturated carbocycles. The number of nitrogens with one attached hydrogen (secondary N) is 1. The highest BCUT2D eigenvalue weighted by molar-refractivity contribution is 5.90. The highest BCUT2D eigenvalue weighted by atomic mass is 16.5. The van der Waals surface area contributed by atoms with Gasteiger partial charge >= 0.3 is 5.97 Å². The second-order valence-electron chi connectivity index (χ2n) is 4.29. The molecule has 0 radical (unpaired) electrons. The first-order chi connectivity index (χ1) is 9.66.